The monoisotopic (exact) mass is 239 g/mol. The molecule has 0 unspecified atom stereocenters. The van der Waals surface area contributed by atoms with Crippen LogP contribution in [0.2, 0.25) is 0 Å². The van der Waals surface area contributed by atoms with Gasteiger partial charge in [0.05, 0.1) is 0 Å². The highest BCUT2D eigenvalue weighted by molar-refractivity contribution is 5.93. The van der Waals surface area contributed by atoms with Crippen LogP contribution in [0.25, 0.3) is 0 Å². The molecule has 1 N–H and O–H groups in total. The molecule has 1 amide bonds. The minimum Gasteiger partial charge on any atom is -0.443 e. The summed E-state index contributed by atoms with van der Waals surface area (Å²) in [6.07, 6.45) is 0. The predicted molar refractivity (Wildman–Crippen MR) is 60.7 cm³/mol. The third kappa shape index (κ3) is 2.65. The van der Waals surface area contributed by atoms with Crippen LogP contribution < -0.4 is 5.32 Å². The summed E-state index contributed by atoms with van der Waals surface area (Å²) in [5.41, 5.74) is 0.402. The van der Waals surface area contributed by atoms with Crippen molar-refractivity contribution in [3.05, 3.63) is 17.3 Å². The van der Waals surface area contributed by atoms with Crippen molar-refractivity contribution in [3.8, 4) is 0 Å². The predicted octanol–water partition coefficient (Wildman–Crippen LogP) is 0.175. The first-order valence-corrected chi connectivity index (χ1v) is 5.67. The second-order valence-electron chi connectivity index (χ2n) is 3.99. The molecule has 2 rings (SSSR count). The maximum absolute atomic E-state index is 12.2. The Morgan fingerprint density at radius 3 is 2.88 bits per heavy atom. The van der Waals surface area contributed by atoms with Crippen molar-refractivity contribution in [2.24, 2.45) is 0 Å². The summed E-state index contributed by atoms with van der Waals surface area (Å²) in [7, 11) is 1.57. The number of nitrogens with one attached hydrogen (secondary N) is 1. The number of ether oxygens (including phenoxy) is 1. The number of aryl methyl sites for hydroxylation is 1. The van der Waals surface area contributed by atoms with Crippen molar-refractivity contribution >= 4 is 5.91 Å². The zero-order valence-electron chi connectivity index (χ0n) is 10.2. The van der Waals surface area contributed by atoms with Crippen LogP contribution in [0.4, 0.5) is 0 Å². The Morgan fingerprint density at radius 1 is 1.53 bits per heavy atom. The summed E-state index contributed by atoms with van der Waals surface area (Å²) < 4.78 is 10.3. The van der Waals surface area contributed by atoms with Gasteiger partial charge in [-0.15, -0.1) is 0 Å². The van der Waals surface area contributed by atoms with Gasteiger partial charge in [0, 0.05) is 33.3 Å². The first kappa shape index (κ1) is 12.1. The molecule has 6 heteroatoms. The number of amides is 1. The second-order valence-corrected chi connectivity index (χ2v) is 3.99. The second kappa shape index (κ2) is 5.29. The van der Waals surface area contributed by atoms with Crippen LogP contribution in [0.15, 0.2) is 4.42 Å². The van der Waals surface area contributed by atoms with Gasteiger partial charge < -0.3 is 19.4 Å². The number of nitrogens with zero attached hydrogens (tertiary/aromatic N) is 2. The average Bonchev–Trinajstić information content (AvgIpc) is 2.71. The third-order valence-corrected chi connectivity index (χ3v) is 2.72. The average molecular weight is 239 g/mol. The summed E-state index contributed by atoms with van der Waals surface area (Å²) in [5, 5.41) is 3.20. The fourth-order valence-corrected chi connectivity index (χ4v) is 1.85. The molecule has 1 aromatic rings. The van der Waals surface area contributed by atoms with Gasteiger partial charge in [-0.05, 0) is 6.92 Å². The molecular formula is C11H17N3O3. The van der Waals surface area contributed by atoms with Crippen molar-refractivity contribution in [3.63, 3.8) is 0 Å². The molecule has 0 spiro atoms. The first-order valence-electron chi connectivity index (χ1n) is 5.67. The Labute approximate surface area is 99.9 Å². The summed E-state index contributed by atoms with van der Waals surface area (Å²) in [6.45, 7) is 5.12. The van der Waals surface area contributed by atoms with Gasteiger partial charge in [-0.3, -0.25) is 4.79 Å². The van der Waals surface area contributed by atoms with Gasteiger partial charge in [-0.25, -0.2) is 4.98 Å². The van der Waals surface area contributed by atoms with Crippen LogP contribution in [0.5, 0.6) is 0 Å². The Kier molecular flexibility index (Phi) is 3.75. The highest BCUT2D eigenvalue weighted by Gasteiger charge is 2.23. The lowest BCUT2D eigenvalue weighted by atomic mass is 10.3. The van der Waals surface area contributed by atoms with E-state index in [0.717, 1.165) is 13.1 Å². The lowest BCUT2D eigenvalue weighted by Gasteiger charge is -2.26. The first-order chi connectivity index (χ1) is 8.22. The Hall–Kier alpha value is -1.40. The highest BCUT2D eigenvalue weighted by Crippen LogP contribution is 2.13. The lowest BCUT2D eigenvalue weighted by molar-refractivity contribution is 0.0728. The number of oxazole rings is 1. The van der Waals surface area contributed by atoms with E-state index in [-0.39, 0.29) is 12.5 Å². The summed E-state index contributed by atoms with van der Waals surface area (Å²) in [6, 6.07) is 0. The van der Waals surface area contributed by atoms with E-state index in [2.05, 4.69) is 10.3 Å². The van der Waals surface area contributed by atoms with E-state index in [1.165, 1.54) is 0 Å². The largest absolute Gasteiger partial charge is 0.443 e. The van der Waals surface area contributed by atoms with E-state index in [0.29, 0.717) is 30.4 Å². The van der Waals surface area contributed by atoms with Gasteiger partial charge >= 0.3 is 0 Å². The Balaban J connectivity index is 2.12. The number of rotatable bonds is 3. The van der Waals surface area contributed by atoms with Crippen molar-refractivity contribution in [2.45, 2.75) is 13.5 Å². The van der Waals surface area contributed by atoms with Gasteiger partial charge in [-0.2, -0.15) is 0 Å². The fourth-order valence-electron chi connectivity index (χ4n) is 1.85. The summed E-state index contributed by atoms with van der Waals surface area (Å²) >= 11 is 0. The number of carbonyl (C=O) groups is 1. The van der Waals surface area contributed by atoms with Crippen molar-refractivity contribution in [2.75, 3.05) is 33.3 Å². The fraction of sp³-hybridized carbons (Fsp3) is 0.636. The van der Waals surface area contributed by atoms with Crippen LogP contribution in [0.1, 0.15) is 22.1 Å². The molecule has 0 bridgehead atoms. The molecule has 1 saturated heterocycles. The minimum atomic E-state index is -0.0601. The SMILES string of the molecule is COCc1nc(C(=O)N2CCNCC2)c(C)o1. The van der Waals surface area contributed by atoms with E-state index < -0.39 is 0 Å². The molecule has 1 aliphatic rings. The van der Waals surface area contributed by atoms with Gasteiger partial charge in [-0.1, -0.05) is 0 Å². The molecule has 0 atom stereocenters. The number of hydrogen-bond donors (Lipinski definition) is 1. The maximum Gasteiger partial charge on any atom is 0.276 e. The van der Waals surface area contributed by atoms with Crippen molar-refractivity contribution in [1.82, 2.24) is 15.2 Å². The quantitative estimate of drug-likeness (QED) is 0.814. The molecule has 0 saturated carbocycles. The van der Waals surface area contributed by atoms with Crippen molar-refractivity contribution in [1.29, 1.82) is 0 Å². The normalized spacial score (nSPS) is 16.2. The molecule has 0 radical (unpaired) electrons. The van der Waals surface area contributed by atoms with Crippen LogP contribution in [-0.4, -0.2) is 49.1 Å². The molecule has 6 nitrogen and oxygen atoms in total. The van der Waals surface area contributed by atoms with Crippen molar-refractivity contribution < 1.29 is 13.9 Å². The van der Waals surface area contributed by atoms with E-state index in [1.54, 1.807) is 18.9 Å². The molecule has 1 fully saturated rings. The summed E-state index contributed by atoms with van der Waals surface area (Å²) in [4.78, 5) is 18.1. The molecule has 0 aliphatic carbocycles. The number of aromatic nitrogens is 1. The van der Waals surface area contributed by atoms with E-state index >= 15 is 0 Å². The van der Waals surface area contributed by atoms with Gasteiger partial charge in [0.15, 0.2) is 5.69 Å². The van der Waals surface area contributed by atoms with Crippen LogP contribution in [-0.2, 0) is 11.3 Å². The minimum absolute atomic E-state index is 0.0601. The number of piperazine rings is 1. The molecule has 1 aliphatic heterocycles. The van der Waals surface area contributed by atoms with Gasteiger partial charge in [0.25, 0.3) is 5.91 Å². The third-order valence-electron chi connectivity index (χ3n) is 2.72. The molecule has 17 heavy (non-hydrogen) atoms. The molecule has 94 valence electrons. The van der Waals surface area contributed by atoms with E-state index in [4.69, 9.17) is 9.15 Å². The standard InChI is InChI=1S/C11H17N3O3/c1-8-10(13-9(17-8)7-16-2)11(15)14-5-3-12-4-6-14/h12H,3-7H2,1-2H3. The highest BCUT2D eigenvalue weighted by atomic mass is 16.5. The number of carbonyl (C=O) groups excluding carboxylic acids is 1. The maximum atomic E-state index is 12.2. The molecule has 2 heterocycles. The molecular weight excluding hydrogens is 222 g/mol. The number of hydrogen-bond acceptors (Lipinski definition) is 5. The van der Waals surface area contributed by atoms with Crippen LogP contribution >= 0.6 is 0 Å². The molecule has 0 aromatic carbocycles. The zero-order valence-corrected chi connectivity index (χ0v) is 10.2. The van der Waals surface area contributed by atoms with Crippen LogP contribution in [0.3, 0.4) is 0 Å². The topological polar surface area (TPSA) is 67.6 Å². The summed E-state index contributed by atoms with van der Waals surface area (Å²) in [5.74, 6) is 0.944. The molecule has 1 aromatic heterocycles. The number of methoxy groups -OCH3 is 1. The van der Waals surface area contributed by atoms with Crippen LogP contribution in [0, 0.1) is 6.92 Å². The smallest absolute Gasteiger partial charge is 0.276 e. The van der Waals surface area contributed by atoms with Gasteiger partial charge in [0.2, 0.25) is 5.89 Å². The van der Waals surface area contributed by atoms with E-state index in [9.17, 15) is 4.79 Å². The van der Waals surface area contributed by atoms with Gasteiger partial charge in [0.1, 0.15) is 12.4 Å². The Morgan fingerprint density at radius 2 is 2.24 bits per heavy atom. The zero-order chi connectivity index (χ0) is 12.3. The Bertz CT molecular complexity index is 397. The lowest BCUT2D eigenvalue weighted by Crippen LogP contribution is -2.46. The van der Waals surface area contributed by atoms with E-state index in [1.807, 2.05) is 0 Å².